The van der Waals surface area contributed by atoms with Gasteiger partial charge in [-0.3, -0.25) is 9.89 Å². The summed E-state index contributed by atoms with van der Waals surface area (Å²) in [6, 6.07) is 0.726. The maximum absolute atomic E-state index is 11.5. The number of guanidine groups is 1. The third kappa shape index (κ3) is 7.03. The van der Waals surface area contributed by atoms with Gasteiger partial charge >= 0.3 is 0 Å². The molecule has 6 nitrogen and oxygen atoms in total. The summed E-state index contributed by atoms with van der Waals surface area (Å²) in [5.41, 5.74) is 0. The van der Waals surface area contributed by atoms with Crippen LogP contribution in [0.5, 0.6) is 0 Å². The normalized spacial score (nSPS) is 27.5. The fourth-order valence-corrected chi connectivity index (χ4v) is 5.49. The minimum Gasteiger partial charge on any atom is -0.356 e. The van der Waals surface area contributed by atoms with Crippen LogP contribution in [0, 0.1) is 5.92 Å². The van der Waals surface area contributed by atoms with Crippen LogP contribution in [0.3, 0.4) is 0 Å². The van der Waals surface area contributed by atoms with Gasteiger partial charge in [0, 0.05) is 32.7 Å². The van der Waals surface area contributed by atoms with Crippen LogP contribution in [0.15, 0.2) is 4.99 Å². The second-order valence-electron chi connectivity index (χ2n) is 6.74. The number of nitrogens with one attached hydrogen (secondary N) is 2. The second kappa shape index (κ2) is 10.8. The molecule has 0 saturated carbocycles. The summed E-state index contributed by atoms with van der Waals surface area (Å²) in [6.45, 7) is 6.06. The van der Waals surface area contributed by atoms with Crippen molar-refractivity contribution in [1.29, 1.82) is 0 Å². The summed E-state index contributed by atoms with van der Waals surface area (Å²) < 4.78 is 23.0. The number of nitrogens with zero attached hydrogens (tertiary/aromatic N) is 2. The Balaban J connectivity index is 0.00000288. The molecule has 2 rings (SSSR count). The molecule has 24 heavy (non-hydrogen) atoms. The van der Waals surface area contributed by atoms with E-state index in [-0.39, 0.29) is 29.9 Å². The summed E-state index contributed by atoms with van der Waals surface area (Å²) in [7, 11) is -1.04. The predicted molar refractivity (Wildman–Crippen MR) is 111 cm³/mol. The number of likely N-dealkylation sites (tertiary alicyclic amines) is 1. The molecular weight excluding hydrogens is 439 g/mol. The first-order valence-corrected chi connectivity index (χ1v) is 10.7. The van der Waals surface area contributed by atoms with E-state index in [9.17, 15) is 8.42 Å². The van der Waals surface area contributed by atoms with Crippen molar-refractivity contribution >= 4 is 39.8 Å². The lowest BCUT2D eigenvalue weighted by atomic mass is 10.0. The molecule has 0 bridgehead atoms. The van der Waals surface area contributed by atoms with Gasteiger partial charge in [-0.25, -0.2) is 8.42 Å². The quantitative estimate of drug-likeness (QED) is 0.348. The predicted octanol–water partition coefficient (Wildman–Crippen LogP) is 1.47. The minimum atomic E-state index is -2.80. The molecule has 8 heteroatoms. The molecule has 2 N–H and O–H groups in total. The van der Waals surface area contributed by atoms with Crippen LogP contribution in [0.2, 0.25) is 0 Å². The van der Waals surface area contributed by atoms with Gasteiger partial charge in [0.2, 0.25) is 0 Å². The largest absolute Gasteiger partial charge is 0.356 e. The summed E-state index contributed by atoms with van der Waals surface area (Å²) in [5.74, 6) is 1.63. The van der Waals surface area contributed by atoms with Crippen LogP contribution in [0.1, 0.15) is 39.0 Å². The van der Waals surface area contributed by atoms with Gasteiger partial charge in [0.15, 0.2) is 15.8 Å². The van der Waals surface area contributed by atoms with Crippen LogP contribution in [-0.4, -0.2) is 70.1 Å². The standard InChI is InChI=1S/C16H32N4O2S.HI/c1-3-15-6-4-5-9-20(15)10-8-18-16(17-2)19-12-14-7-11-23(21,22)13-14;/h14-15H,3-13H2,1-2H3,(H2,17,18,19);1H. The molecular formula is C16H33IN4O2S. The Kier molecular flexibility index (Phi) is 9.88. The molecule has 2 atom stereocenters. The third-order valence-corrected chi connectivity index (χ3v) is 6.86. The van der Waals surface area contributed by atoms with E-state index in [1.54, 1.807) is 7.05 Å². The monoisotopic (exact) mass is 472 g/mol. The smallest absolute Gasteiger partial charge is 0.191 e. The molecule has 2 aliphatic heterocycles. The summed E-state index contributed by atoms with van der Waals surface area (Å²) >= 11 is 0. The molecule has 0 radical (unpaired) electrons. The highest BCUT2D eigenvalue weighted by atomic mass is 127. The average Bonchev–Trinajstić information content (AvgIpc) is 2.90. The topological polar surface area (TPSA) is 73.8 Å². The van der Waals surface area contributed by atoms with E-state index in [1.165, 1.54) is 32.2 Å². The zero-order chi connectivity index (χ0) is 16.7. The van der Waals surface area contributed by atoms with E-state index in [4.69, 9.17) is 0 Å². The second-order valence-corrected chi connectivity index (χ2v) is 8.97. The van der Waals surface area contributed by atoms with Crippen molar-refractivity contribution in [3.63, 3.8) is 0 Å². The number of piperidine rings is 1. The van der Waals surface area contributed by atoms with Crippen molar-refractivity contribution in [2.75, 3.05) is 44.7 Å². The van der Waals surface area contributed by atoms with Gasteiger partial charge in [0.25, 0.3) is 0 Å². The number of hydrogen-bond donors (Lipinski definition) is 2. The Bertz CT molecular complexity index is 498. The van der Waals surface area contributed by atoms with Gasteiger partial charge in [-0.15, -0.1) is 24.0 Å². The summed E-state index contributed by atoms with van der Waals surface area (Å²) in [5, 5.41) is 6.62. The number of hydrogen-bond acceptors (Lipinski definition) is 4. The summed E-state index contributed by atoms with van der Waals surface area (Å²) in [4.78, 5) is 6.81. The Morgan fingerprint density at radius 2 is 2.04 bits per heavy atom. The Labute approximate surface area is 164 Å². The van der Waals surface area contributed by atoms with Crippen LogP contribution in [0.25, 0.3) is 0 Å². The maximum Gasteiger partial charge on any atom is 0.191 e. The highest BCUT2D eigenvalue weighted by Crippen LogP contribution is 2.18. The van der Waals surface area contributed by atoms with E-state index >= 15 is 0 Å². The Hall–Kier alpha value is -0.0900. The number of sulfone groups is 1. The lowest BCUT2D eigenvalue weighted by molar-refractivity contribution is 0.147. The van der Waals surface area contributed by atoms with Crippen LogP contribution in [0.4, 0.5) is 0 Å². The third-order valence-electron chi connectivity index (χ3n) is 5.02. The SMILES string of the molecule is CCC1CCCCN1CCNC(=NC)NCC1CCS(=O)(=O)C1.I. The molecule has 0 aliphatic carbocycles. The minimum absolute atomic E-state index is 0. The van der Waals surface area contributed by atoms with Crippen molar-refractivity contribution in [3.05, 3.63) is 0 Å². The first kappa shape index (κ1) is 22.0. The fraction of sp³-hybridized carbons (Fsp3) is 0.938. The van der Waals surface area contributed by atoms with Gasteiger partial charge in [-0.05, 0) is 38.1 Å². The maximum atomic E-state index is 11.5. The van der Waals surface area contributed by atoms with Gasteiger partial charge in [-0.1, -0.05) is 13.3 Å². The highest BCUT2D eigenvalue weighted by Gasteiger charge is 2.27. The molecule has 2 aliphatic rings. The van der Waals surface area contributed by atoms with Crippen LogP contribution >= 0.6 is 24.0 Å². The summed E-state index contributed by atoms with van der Waals surface area (Å²) in [6.07, 6.45) is 5.97. The molecule has 2 heterocycles. The molecule has 0 aromatic carbocycles. The molecule has 142 valence electrons. The first-order chi connectivity index (χ1) is 11.0. The van der Waals surface area contributed by atoms with Crippen molar-refractivity contribution < 1.29 is 8.42 Å². The van der Waals surface area contributed by atoms with Gasteiger partial charge < -0.3 is 10.6 Å². The van der Waals surface area contributed by atoms with Crippen molar-refractivity contribution in [3.8, 4) is 0 Å². The Morgan fingerprint density at radius 3 is 2.67 bits per heavy atom. The number of aliphatic imine (C=N–C) groups is 1. The van der Waals surface area contributed by atoms with Crippen molar-refractivity contribution in [1.82, 2.24) is 15.5 Å². The zero-order valence-corrected chi connectivity index (χ0v) is 18.1. The van der Waals surface area contributed by atoms with E-state index in [1.807, 2.05) is 0 Å². The van der Waals surface area contributed by atoms with E-state index in [0.717, 1.165) is 31.5 Å². The van der Waals surface area contributed by atoms with Crippen LogP contribution in [-0.2, 0) is 9.84 Å². The van der Waals surface area contributed by atoms with Gasteiger partial charge in [0.1, 0.15) is 0 Å². The van der Waals surface area contributed by atoms with Crippen LogP contribution < -0.4 is 10.6 Å². The van der Waals surface area contributed by atoms with Crippen molar-refractivity contribution in [2.24, 2.45) is 10.9 Å². The lowest BCUT2D eigenvalue weighted by Gasteiger charge is -2.35. The van der Waals surface area contributed by atoms with Gasteiger partial charge in [-0.2, -0.15) is 0 Å². The lowest BCUT2D eigenvalue weighted by Crippen LogP contribution is -2.46. The molecule has 2 saturated heterocycles. The van der Waals surface area contributed by atoms with Gasteiger partial charge in [0.05, 0.1) is 11.5 Å². The molecule has 2 unspecified atom stereocenters. The highest BCUT2D eigenvalue weighted by molar-refractivity contribution is 14.0. The van der Waals surface area contributed by atoms with E-state index in [0.29, 0.717) is 18.1 Å². The molecule has 2 fully saturated rings. The molecule has 0 amide bonds. The first-order valence-electron chi connectivity index (χ1n) is 8.93. The zero-order valence-electron chi connectivity index (χ0n) is 15.0. The number of rotatable bonds is 6. The number of halogens is 1. The molecule has 0 spiro atoms. The fourth-order valence-electron chi connectivity index (χ4n) is 3.63. The molecule has 0 aromatic rings. The molecule has 0 aromatic heterocycles. The van der Waals surface area contributed by atoms with E-state index in [2.05, 4.69) is 27.4 Å². The van der Waals surface area contributed by atoms with Crippen molar-refractivity contribution in [2.45, 2.75) is 45.1 Å². The van der Waals surface area contributed by atoms with E-state index < -0.39 is 9.84 Å². The Morgan fingerprint density at radius 1 is 1.25 bits per heavy atom. The average molecular weight is 472 g/mol.